The number of ketones is 1. The SMILES string of the molecule is CCCOc1ccc2c(c1)CCc1c3c(c4c(c1-2)-c1ccc(OCCCCCC(C)=O)cc1CC4)C(=O)N(c1ccccc1)C3=O. The summed E-state index contributed by atoms with van der Waals surface area (Å²) in [6, 6.07) is 21.9. The minimum absolute atomic E-state index is 0.227. The Morgan fingerprint density at radius 2 is 1.24 bits per heavy atom. The Morgan fingerprint density at radius 3 is 1.78 bits per heavy atom. The number of aryl methyl sites for hydroxylation is 2. The van der Waals surface area contributed by atoms with Crippen LogP contribution in [0, 0.1) is 0 Å². The maximum Gasteiger partial charge on any atom is 0.266 e. The first-order valence-corrected chi connectivity index (χ1v) is 16.6. The predicted octanol–water partition coefficient (Wildman–Crippen LogP) is 8.34. The molecular weight excluding hydrogens is 574 g/mol. The second-order valence-electron chi connectivity index (χ2n) is 12.6. The topological polar surface area (TPSA) is 72.9 Å². The molecule has 0 spiro atoms. The summed E-state index contributed by atoms with van der Waals surface area (Å²) in [4.78, 5) is 41.0. The summed E-state index contributed by atoms with van der Waals surface area (Å²) in [7, 11) is 0. The van der Waals surface area contributed by atoms with Crippen molar-refractivity contribution in [3.05, 3.63) is 100 Å². The fourth-order valence-corrected chi connectivity index (χ4v) is 7.35. The van der Waals surface area contributed by atoms with Crippen molar-refractivity contribution in [2.75, 3.05) is 18.1 Å². The molecule has 0 radical (unpaired) electrons. The van der Waals surface area contributed by atoms with Crippen LogP contribution in [0.4, 0.5) is 5.69 Å². The lowest BCUT2D eigenvalue weighted by molar-refractivity contribution is -0.117. The average molecular weight is 614 g/mol. The summed E-state index contributed by atoms with van der Waals surface area (Å²) in [5, 5.41) is 0. The average Bonchev–Trinajstić information content (AvgIpc) is 3.34. The molecule has 2 amide bonds. The molecule has 1 heterocycles. The van der Waals surface area contributed by atoms with Crippen molar-refractivity contribution < 1.29 is 23.9 Å². The lowest BCUT2D eigenvalue weighted by Gasteiger charge is -2.31. The molecule has 3 aliphatic rings. The maximum absolute atomic E-state index is 14.2. The number of carbonyl (C=O) groups excluding carboxylic acids is 3. The van der Waals surface area contributed by atoms with Crippen LogP contribution in [0.25, 0.3) is 22.3 Å². The normalized spacial score (nSPS) is 14.3. The van der Waals surface area contributed by atoms with Crippen molar-refractivity contribution in [1.82, 2.24) is 0 Å². The lowest BCUT2D eigenvalue weighted by Crippen LogP contribution is -2.29. The summed E-state index contributed by atoms with van der Waals surface area (Å²) in [5.41, 5.74) is 10.5. The lowest BCUT2D eigenvalue weighted by atomic mass is 9.72. The Labute approximate surface area is 270 Å². The van der Waals surface area contributed by atoms with E-state index in [0.717, 1.165) is 83.4 Å². The van der Waals surface area contributed by atoms with Gasteiger partial charge in [0.25, 0.3) is 11.8 Å². The van der Waals surface area contributed by atoms with E-state index in [2.05, 4.69) is 31.2 Å². The molecule has 1 aliphatic heterocycles. The molecule has 0 saturated heterocycles. The molecule has 0 unspecified atom stereocenters. The summed E-state index contributed by atoms with van der Waals surface area (Å²) in [5.74, 6) is 1.48. The summed E-state index contributed by atoms with van der Waals surface area (Å²) < 4.78 is 12.1. The standard InChI is InChI=1S/C40H39NO5/c1-3-21-45-29-15-19-31-26(23-29)13-17-33-35(31)36-32-20-16-30(46-22-9-5-6-10-25(2)42)24-27(32)14-18-34(36)38-37(33)39(43)41(40(38)44)28-11-7-4-8-12-28/h4,7-8,11-12,15-16,19-20,23-24H,3,5-6,9-10,13-14,17-18,21-22H2,1-2H3. The molecule has 6 nitrogen and oxygen atoms in total. The van der Waals surface area contributed by atoms with E-state index in [1.807, 2.05) is 42.5 Å². The van der Waals surface area contributed by atoms with Gasteiger partial charge in [-0.05, 0) is 139 Å². The second-order valence-corrected chi connectivity index (χ2v) is 12.6. The molecule has 0 N–H and O–H groups in total. The Hall–Kier alpha value is -4.71. The van der Waals surface area contributed by atoms with Crippen LogP contribution in [0.1, 0.15) is 88.9 Å². The molecule has 0 saturated carbocycles. The maximum atomic E-state index is 14.2. The number of carbonyl (C=O) groups is 3. The number of rotatable bonds is 11. The van der Waals surface area contributed by atoms with Gasteiger partial charge in [0.05, 0.1) is 30.0 Å². The van der Waals surface area contributed by atoms with Crippen molar-refractivity contribution in [2.24, 2.45) is 0 Å². The van der Waals surface area contributed by atoms with Gasteiger partial charge in [-0.1, -0.05) is 37.3 Å². The largest absolute Gasteiger partial charge is 0.494 e. The van der Waals surface area contributed by atoms with E-state index < -0.39 is 0 Å². The summed E-state index contributed by atoms with van der Waals surface area (Å²) >= 11 is 0. The highest BCUT2D eigenvalue weighted by molar-refractivity contribution is 6.36. The molecule has 7 rings (SSSR count). The number of imide groups is 1. The van der Waals surface area contributed by atoms with Gasteiger partial charge in [0.1, 0.15) is 17.3 Å². The number of fused-ring (bicyclic) bond motifs is 10. The zero-order valence-electron chi connectivity index (χ0n) is 26.6. The zero-order chi connectivity index (χ0) is 31.8. The fourth-order valence-electron chi connectivity index (χ4n) is 7.35. The number of ether oxygens (including phenoxy) is 2. The van der Waals surface area contributed by atoms with Crippen molar-refractivity contribution in [1.29, 1.82) is 0 Å². The molecule has 0 atom stereocenters. The molecule has 46 heavy (non-hydrogen) atoms. The van der Waals surface area contributed by atoms with E-state index in [-0.39, 0.29) is 17.6 Å². The van der Waals surface area contributed by atoms with Gasteiger partial charge in [-0.3, -0.25) is 9.59 Å². The first kappa shape index (κ1) is 30.0. The smallest absolute Gasteiger partial charge is 0.266 e. The molecule has 234 valence electrons. The highest BCUT2D eigenvalue weighted by atomic mass is 16.5. The van der Waals surface area contributed by atoms with E-state index in [9.17, 15) is 14.4 Å². The van der Waals surface area contributed by atoms with Crippen LogP contribution < -0.4 is 14.4 Å². The Kier molecular flexibility index (Phi) is 8.20. The number of benzene rings is 4. The monoisotopic (exact) mass is 613 g/mol. The van der Waals surface area contributed by atoms with Gasteiger partial charge >= 0.3 is 0 Å². The number of para-hydroxylation sites is 1. The highest BCUT2D eigenvalue weighted by Gasteiger charge is 2.44. The molecule has 0 fully saturated rings. The van der Waals surface area contributed by atoms with E-state index in [1.165, 1.54) is 16.0 Å². The summed E-state index contributed by atoms with van der Waals surface area (Å²) in [6.45, 7) is 5.01. The molecule has 0 bridgehead atoms. The number of Topliss-reactive ketones (excluding diaryl/α,β-unsaturated/α-hetero) is 1. The van der Waals surface area contributed by atoms with Crippen molar-refractivity contribution >= 4 is 23.3 Å². The number of hydrogen-bond donors (Lipinski definition) is 0. The van der Waals surface area contributed by atoms with E-state index in [1.54, 1.807) is 6.92 Å². The fraction of sp³-hybridized carbons (Fsp3) is 0.325. The van der Waals surface area contributed by atoms with Gasteiger partial charge in [-0.2, -0.15) is 0 Å². The van der Waals surface area contributed by atoms with Gasteiger partial charge in [0.15, 0.2) is 0 Å². The third kappa shape index (κ3) is 5.30. The second kappa shape index (κ2) is 12.6. The van der Waals surface area contributed by atoms with E-state index in [4.69, 9.17) is 9.47 Å². The number of unbranched alkanes of at least 4 members (excludes halogenated alkanes) is 2. The van der Waals surface area contributed by atoms with Crippen LogP contribution >= 0.6 is 0 Å². The van der Waals surface area contributed by atoms with Crippen LogP contribution in [0.5, 0.6) is 11.5 Å². The van der Waals surface area contributed by atoms with Crippen LogP contribution in [0.15, 0.2) is 66.7 Å². The quantitative estimate of drug-likeness (QED) is 0.126. The van der Waals surface area contributed by atoms with Crippen LogP contribution in [-0.2, 0) is 30.5 Å². The number of anilines is 1. The van der Waals surface area contributed by atoms with Gasteiger partial charge in [0, 0.05) is 6.42 Å². The van der Waals surface area contributed by atoms with Crippen molar-refractivity contribution in [3.63, 3.8) is 0 Å². The van der Waals surface area contributed by atoms with Crippen LogP contribution in [0.3, 0.4) is 0 Å². The Balaban J connectivity index is 1.32. The third-order valence-corrected chi connectivity index (χ3v) is 9.45. The van der Waals surface area contributed by atoms with Crippen molar-refractivity contribution in [2.45, 2.75) is 71.6 Å². The van der Waals surface area contributed by atoms with E-state index >= 15 is 0 Å². The zero-order valence-corrected chi connectivity index (χ0v) is 26.6. The molecular formula is C40H39NO5. The Morgan fingerprint density at radius 1 is 0.674 bits per heavy atom. The van der Waals surface area contributed by atoms with Crippen molar-refractivity contribution in [3.8, 4) is 33.8 Å². The third-order valence-electron chi connectivity index (χ3n) is 9.45. The molecule has 4 aromatic rings. The van der Waals surface area contributed by atoms with Gasteiger partial charge in [0.2, 0.25) is 0 Å². The number of amides is 2. The Bertz CT molecular complexity index is 1860. The first-order valence-electron chi connectivity index (χ1n) is 16.6. The molecule has 6 heteroatoms. The number of nitrogens with zero attached hydrogens (tertiary/aromatic N) is 1. The summed E-state index contributed by atoms with van der Waals surface area (Å²) in [6.07, 6.45) is 7.20. The minimum atomic E-state index is -0.229. The minimum Gasteiger partial charge on any atom is -0.494 e. The van der Waals surface area contributed by atoms with E-state index in [0.29, 0.717) is 49.3 Å². The van der Waals surface area contributed by atoms with Gasteiger partial charge < -0.3 is 14.3 Å². The highest BCUT2D eigenvalue weighted by Crippen LogP contribution is 2.51. The van der Waals surface area contributed by atoms with Crippen LogP contribution in [0.2, 0.25) is 0 Å². The van der Waals surface area contributed by atoms with Crippen LogP contribution in [-0.4, -0.2) is 30.8 Å². The first-order chi connectivity index (χ1) is 22.5. The van der Waals surface area contributed by atoms with Gasteiger partial charge in [-0.25, -0.2) is 4.90 Å². The predicted molar refractivity (Wildman–Crippen MR) is 180 cm³/mol. The molecule has 0 aromatic heterocycles. The number of hydrogen-bond acceptors (Lipinski definition) is 5. The van der Waals surface area contributed by atoms with Gasteiger partial charge in [-0.15, -0.1) is 0 Å². The molecule has 2 aliphatic carbocycles. The molecule has 4 aromatic carbocycles.